The molecule has 1 aromatic carbocycles. The number of halogens is 1. The summed E-state index contributed by atoms with van der Waals surface area (Å²) in [5.41, 5.74) is 0.201. The minimum atomic E-state index is -0.842. The average Bonchev–Trinajstić information content (AvgIpc) is 2.50. The van der Waals surface area contributed by atoms with Crippen LogP contribution in [0.3, 0.4) is 0 Å². The largest absolute Gasteiger partial charge is 0.481 e. The number of rotatable bonds is 3. The van der Waals surface area contributed by atoms with Gasteiger partial charge in [-0.1, -0.05) is 43.0 Å². The van der Waals surface area contributed by atoms with E-state index in [1.807, 2.05) is 18.2 Å². The molecule has 0 aromatic heterocycles. The number of aliphatic hydroxyl groups excluding tert-OH is 1. The highest BCUT2D eigenvalue weighted by atomic mass is 35.5. The van der Waals surface area contributed by atoms with Gasteiger partial charge in [-0.25, -0.2) is 0 Å². The molecule has 2 fully saturated rings. The first-order valence-corrected chi connectivity index (χ1v) is 8.58. The molecule has 2 aliphatic rings. The zero-order chi connectivity index (χ0) is 15.7. The van der Waals surface area contributed by atoms with Crippen molar-refractivity contribution in [3.8, 4) is 0 Å². The van der Waals surface area contributed by atoms with E-state index in [0.29, 0.717) is 17.4 Å². The average molecular weight is 323 g/mol. The van der Waals surface area contributed by atoms with Crippen molar-refractivity contribution in [2.75, 3.05) is 0 Å². The number of fused-ring (bicyclic) bond motifs is 1. The lowest BCUT2D eigenvalue weighted by Gasteiger charge is -2.53. The Hall–Kier alpha value is -1.06. The van der Waals surface area contributed by atoms with Gasteiger partial charge in [-0.3, -0.25) is 4.79 Å². The normalized spacial score (nSPS) is 34.9. The quantitative estimate of drug-likeness (QED) is 0.884. The van der Waals surface area contributed by atoms with Gasteiger partial charge in [0.1, 0.15) is 0 Å². The number of aliphatic carboxylic acids is 1. The molecule has 1 aromatic rings. The highest BCUT2D eigenvalue weighted by Gasteiger charge is 2.53. The molecule has 2 N–H and O–H groups in total. The van der Waals surface area contributed by atoms with E-state index in [2.05, 4.69) is 0 Å². The number of carboxylic acid groups (broad SMARTS) is 1. The number of hydrogen-bond donors (Lipinski definition) is 2. The van der Waals surface area contributed by atoms with Crippen molar-refractivity contribution in [2.24, 2.45) is 11.8 Å². The van der Waals surface area contributed by atoms with Crippen molar-refractivity contribution < 1.29 is 15.0 Å². The van der Waals surface area contributed by atoms with Crippen molar-refractivity contribution in [2.45, 2.75) is 56.5 Å². The second kappa shape index (κ2) is 6.21. The van der Waals surface area contributed by atoms with Crippen LogP contribution in [0.2, 0.25) is 5.02 Å². The molecular formula is C18H23ClO3. The molecule has 0 heterocycles. The van der Waals surface area contributed by atoms with Crippen LogP contribution in [0.15, 0.2) is 24.3 Å². The van der Waals surface area contributed by atoms with Gasteiger partial charge >= 0.3 is 5.97 Å². The van der Waals surface area contributed by atoms with Crippen LogP contribution in [-0.2, 0) is 10.2 Å². The number of aliphatic hydroxyl groups is 1. The molecule has 0 bridgehead atoms. The minimum absolute atomic E-state index is 0.0182. The molecule has 0 saturated heterocycles. The molecular weight excluding hydrogens is 300 g/mol. The Bertz CT molecular complexity index is 559. The number of carbonyl (C=O) groups is 1. The summed E-state index contributed by atoms with van der Waals surface area (Å²) < 4.78 is 0. The van der Waals surface area contributed by atoms with Gasteiger partial charge in [0.05, 0.1) is 12.5 Å². The van der Waals surface area contributed by atoms with Gasteiger partial charge in [-0.2, -0.15) is 0 Å². The van der Waals surface area contributed by atoms with Gasteiger partial charge in [-0.05, 0) is 48.8 Å². The first-order chi connectivity index (χ1) is 10.5. The second-order valence-electron chi connectivity index (χ2n) is 6.87. The topological polar surface area (TPSA) is 57.5 Å². The lowest BCUT2D eigenvalue weighted by atomic mass is 9.52. The molecule has 120 valence electrons. The Morgan fingerprint density at radius 3 is 2.73 bits per heavy atom. The van der Waals surface area contributed by atoms with Gasteiger partial charge in [-0.15, -0.1) is 0 Å². The monoisotopic (exact) mass is 322 g/mol. The van der Waals surface area contributed by atoms with E-state index in [-0.39, 0.29) is 12.3 Å². The fraction of sp³-hybridized carbons (Fsp3) is 0.611. The van der Waals surface area contributed by atoms with Crippen LogP contribution in [0.25, 0.3) is 0 Å². The smallest absolute Gasteiger partial charge is 0.304 e. The molecule has 2 aliphatic carbocycles. The Kier molecular flexibility index (Phi) is 4.47. The van der Waals surface area contributed by atoms with Crippen molar-refractivity contribution in [1.29, 1.82) is 0 Å². The summed E-state index contributed by atoms with van der Waals surface area (Å²) in [5.74, 6) is -0.0831. The fourth-order valence-electron chi connectivity index (χ4n) is 4.89. The summed E-state index contributed by atoms with van der Waals surface area (Å²) >= 11 is 6.16. The lowest BCUT2D eigenvalue weighted by Crippen LogP contribution is -2.54. The van der Waals surface area contributed by atoms with Crippen molar-refractivity contribution >= 4 is 17.6 Å². The van der Waals surface area contributed by atoms with E-state index >= 15 is 0 Å². The third-order valence-electron chi connectivity index (χ3n) is 5.78. The lowest BCUT2D eigenvalue weighted by molar-refractivity contribution is -0.144. The van der Waals surface area contributed by atoms with Gasteiger partial charge in [0.25, 0.3) is 0 Å². The number of benzene rings is 1. The molecule has 0 amide bonds. The van der Waals surface area contributed by atoms with Crippen LogP contribution in [0, 0.1) is 11.8 Å². The van der Waals surface area contributed by atoms with Crippen LogP contribution in [-0.4, -0.2) is 22.3 Å². The van der Waals surface area contributed by atoms with E-state index in [1.165, 1.54) is 6.42 Å². The molecule has 4 heteroatoms. The summed E-state index contributed by atoms with van der Waals surface area (Å²) in [5, 5.41) is 21.0. The maximum absolute atomic E-state index is 11.6. The summed E-state index contributed by atoms with van der Waals surface area (Å²) in [7, 11) is 0. The molecule has 0 radical (unpaired) electrons. The Labute approximate surface area is 136 Å². The van der Waals surface area contributed by atoms with Gasteiger partial charge in [0.15, 0.2) is 0 Å². The van der Waals surface area contributed by atoms with Crippen LogP contribution in [0.1, 0.15) is 50.5 Å². The maximum atomic E-state index is 11.6. The predicted molar refractivity (Wildman–Crippen MR) is 86.1 cm³/mol. The van der Waals surface area contributed by atoms with Gasteiger partial charge in [0, 0.05) is 10.4 Å². The fourth-order valence-corrected chi connectivity index (χ4v) is 5.08. The molecule has 4 atom stereocenters. The van der Waals surface area contributed by atoms with E-state index in [1.54, 1.807) is 6.07 Å². The van der Waals surface area contributed by atoms with Crippen molar-refractivity contribution in [1.82, 2.24) is 0 Å². The molecule has 2 saturated carbocycles. The molecule has 3 rings (SSSR count). The minimum Gasteiger partial charge on any atom is -0.481 e. The summed E-state index contributed by atoms with van der Waals surface area (Å²) in [4.78, 5) is 11.6. The third-order valence-corrected chi connectivity index (χ3v) is 6.02. The number of hydrogen-bond acceptors (Lipinski definition) is 2. The Balaban J connectivity index is 2.11. The first kappa shape index (κ1) is 15.8. The van der Waals surface area contributed by atoms with Crippen LogP contribution >= 0.6 is 11.6 Å². The van der Waals surface area contributed by atoms with Gasteiger partial charge in [0.2, 0.25) is 0 Å². The molecule has 0 aliphatic heterocycles. The third kappa shape index (κ3) is 2.65. The van der Waals surface area contributed by atoms with Crippen molar-refractivity contribution in [3.63, 3.8) is 0 Å². The maximum Gasteiger partial charge on any atom is 0.304 e. The molecule has 22 heavy (non-hydrogen) atoms. The molecule has 4 unspecified atom stereocenters. The molecule has 3 nitrogen and oxygen atoms in total. The Morgan fingerprint density at radius 1 is 1.23 bits per heavy atom. The highest BCUT2D eigenvalue weighted by molar-refractivity contribution is 6.30. The van der Waals surface area contributed by atoms with Gasteiger partial charge < -0.3 is 10.2 Å². The van der Waals surface area contributed by atoms with Crippen LogP contribution < -0.4 is 0 Å². The van der Waals surface area contributed by atoms with Crippen LogP contribution in [0.5, 0.6) is 0 Å². The van der Waals surface area contributed by atoms with Crippen molar-refractivity contribution in [3.05, 3.63) is 34.9 Å². The van der Waals surface area contributed by atoms with E-state index in [4.69, 9.17) is 11.6 Å². The molecule has 0 spiro atoms. The summed E-state index contributed by atoms with van der Waals surface area (Å²) in [6, 6.07) is 7.45. The van der Waals surface area contributed by atoms with E-state index < -0.39 is 17.5 Å². The standard InChI is InChI=1S/C18H23ClO3/c19-14-6-3-5-13(10-14)18(11-17(21)22)15-7-2-1-4-12(15)8-9-16(18)20/h3,5-6,10,12,15-16,20H,1-2,4,7-9,11H2,(H,21,22). The zero-order valence-corrected chi connectivity index (χ0v) is 13.4. The van der Waals surface area contributed by atoms with E-state index in [0.717, 1.165) is 31.2 Å². The summed E-state index contributed by atoms with van der Waals surface area (Å²) in [6.45, 7) is 0. The van der Waals surface area contributed by atoms with Crippen LogP contribution in [0.4, 0.5) is 0 Å². The predicted octanol–water partition coefficient (Wildman–Crippen LogP) is 4.01. The Morgan fingerprint density at radius 2 is 2.00 bits per heavy atom. The SMILES string of the molecule is O=C(O)CC1(c2cccc(Cl)c2)C(O)CCC2CCCCC21. The zero-order valence-electron chi connectivity index (χ0n) is 12.7. The highest BCUT2D eigenvalue weighted by Crippen LogP contribution is 2.54. The first-order valence-electron chi connectivity index (χ1n) is 8.20. The van der Waals surface area contributed by atoms with E-state index in [9.17, 15) is 15.0 Å². The summed E-state index contributed by atoms with van der Waals surface area (Å²) in [6.07, 6.45) is 5.55. The second-order valence-corrected chi connectivity index (χ2v) is 7.30. The number of carboxylic acids is 1.